The molecule has 4 rings (SSSR count). The fourth-order valence-corrected chi connectivity index (χ4v) is 6.46. The van der Waals surface area contributed by atoms with Crippen LogP contribution in [0.15, 0.2) is 29.1 Å². The summed E-state index contributed by atoms with van der Waals surface area (Å²) in [5.74, 6) is -0.473. The maximum absolute atomic E-state index is 13.1. The molecule has 0 radical (unpaired) electrons. The molecule has 2 aliphatic rings. The zero-order valence-electron chi connectivity index (χ0n) is 20.8. The van der Waals surface area contributed by atoms with E-state index in [1.54, 1.807) is 10.6 Å². The first kappa shape index (κ1) is 23.9. The Hall–Kier alpha value is -2.21. The van der Waals surface area contributed by atoms with Crippen LogP contribution in [-0.4, -0.2) is 43.7 Å². The van der Waals surface area contributed by atoms with Crippen molar-refractivity contribution in [3.63, 3.8) is 0 Å². The molecule has 3 atom stereocenters. The monoisotopic (exact) mass is 453 g/mol. The van der Waals surface area contributed by atoms with Crippen LogP contribution in [0.1, 0.15) is 96.1 Å². The van der Waals surface area contributed by atoms with E-state index in [4.69, 9.17) is 0 Å². The third kappa shape index (κ3) is 4.72. The van der Waals surface area contributed by atoms with Gasteiger partial charge in [-0.05, 0) is 82.3 Å². The van der Waals surface area contributed by atoms with Crippen LogP contribution in [0.3, 0.4) is 0 Å². The Morgan fingerprint density at radius 1 is 1.12 bits per heavy atom. The number of likely N-dealkylation sites (tertiary alicyclic amines) is 1. The first-order chi connectivity index (χ1) is 15.6. The molecule has 1 aliphatic heterocycles. The molecule has 0 spiro atoms. The first-order valence-electron chi connectivity index (χ1n) is 12.6. The van der Waals surface area contributed by atoms with E-state index in [-0.39, 0.29) is 6.04 Å². The lowest BCUT2D eigenvalue weighted by Crippen LogP contribution is -2.46. The quantitative estimate of drug-likeness (QED) is 0.647. The summed E-state index contributed by atoms with van der Waals surface area (Å²) in [6, 6.07) is 8.83. The minimum atomic E-state index is -1.27. The number of para-hydroxylation sites is 2. The van der Waals surface area contributed by atoms with Gasteiger partial charge in [0, 0.05) is 24.2 Å². The summed E-state index contributed by atoms with van der Waals surface area (Å²) < 4.78 is 1.67. The Morgan fingerprint density at radius 3 is 2.42 bits per heavy atom. The van der Waals surface area contributed by atoms with Crippen LogP contribution in [0.5, 0.6) is 0 Å². The number of fused-ring (bicyclic) bond motifs is 1. The van der Waals surface area contributed by atoms with Crippen molar-refractivity contribution in [2.75, 3.05) is 0 Å². The highest BCUT2D eigenvalue weighted by atomic mass is 16.4. The molecule has 1 saturated carbocycles. The molecule has 180 valence electrons. The number of aromatic carboxylic acids is 1. The highest BCUT2D eigenvalue weighted by Crippen LogP contribution is 2.42. The summed E-state index contributed by atoms with van der Waals surface area (Å²) in [7, 11) is 0. The predicted octanol–water partition coefficient (Wildman–Crippen LogP) is 5.50. The molecule has 0 bridgehead atoms. The average molecular weight is 454 g/mol. The maximum atomic E-state index is 13.1. The molecule has 6 nitrogen and oxygen atoms in total. The van der Waals surface area contributed by atoms with Crippen LogP contribution in [0, 0.1) is 11.3 Å². The summed E-state index contributed by atoms with van der Waals surface area (Å²) in [6.07, 6.45) is 8.23. The van der Waals surface area contributed by atoms with E-state index in [9.17, 15) is 14.7 Å². The highest BCUT2D eigenvalue weighted by Gasteiger charge is 2.39. The summed E-state index contributed by atoms with van der Waals surface area (Å²) >= 11 is 0. The zero-order valence-corrected chi connectivity index (χ0v) is 20.8. The van der Waals surface area contributed by atoms with E-state index in [0.29, 0.717) is 34.6 Å². The molecule has 0 amide bonds. The first-order valence-corrected chi connectivity index (χ1v) is 12.6. The zero-order chi connectivity index (χ0) is 23.9. The smallest absolute Gasteiger partial charge is 0.360 e. The van der Waals surface area contributed by atoms with Gasteiger partial charge in [0.2, 0.25) is 5.69 Å². The molecule has 6 heteroatoms. The molecule has 1 aromatic carbocycles. The normalized spacial score (nSPS) is 27.7. The largest absolute Gasteiger partial charge is 0.476 e. The molecule has 2 heterocycles. The van der Waals surface area contributed by atoms with Gasteiger partial charge in [-0.15, -0.1) is 0 Å². The number of nitrogens with zero attached hydrogens (tertiary/aromatic N) is 3. The van der Waals surface area contributed by atoms with E-state index in [1.807, 2.05) is 18.2 Å². The van der Waals surface area contributed by atoms with E-state index >= 15 is 0 Å². The molecular formula is C27H39N3O3. The molecular weight excluding hydrogens is 414 g/mol. The standard InChI is InChI=1S/C27H39N3O3/c1-17-10-13-21(29(17)20-14-11-19(12-15-20)27(3,4)5)16-18(2)30-23-9-7-6-8-22(23)28-24(25(30)31)26(32)33/h6-9,17-21H,10-16H2,1-5H3,(H,32,33)/t17-,18-,19-,20+,21-/m0/s1. The summed E-state index contributed by atoms with van der Waals surface area (Å²) in [4.78, 5) is 31.7. The molecule has 1 saturated heterocycles. The van der Waals surface area contributed by atoms with Crippen molar-refractivity contribution in [2.24, 2.45) is 11.3 Å². The molecule has 2 aromatic rings. The summed E-state index contributed by atoms with van der Waals surface area (Å²) in [5.41, 5.74) is 0.748. The van der Waals surface area contributed by atoms with Crippen LogP contribution >= 0.6 is 0 Å². The van der Waals surface area contributed by atoms with Crippen LogP contribution in [0.25, 0.3) is 11.0 Å². The number of hydrogen-bond acceptors (Lipinski definition) is 4. The molecule has 1 aliphatic carbocycles. The Morgan fingerprint density at radius 2 is 1.79 bits per heavy atom. The van der Waals surface area contributed by atoms with Crippen molar-refractivity contribution in [1.29, 1.82) is 0 Å². The lowest BCUT2D eigenvalue weighted by atomic mass is 9.71. The van der Waals surface area contributed by atoms with Gasteiger partial charge in [0.25, 0.3) is 5.56 Å². The Balaban J connectivity index is 1.58. The number of rotatable bonds is 5. The van der Waals surface area contributed by atoms with Crippen molar-refractivity contribution in [2.45, 2.75) is 104 Å². The second-order valence-corrected chi connectivity index (χ2v) is 11.4. The van der Waals surface area contributed by atoms with E-state index in [2.05, 4.69) is 44.5 Å². The number of hydrogen-bond donors (Lipinski definition) is 1. The van der Waals surface area contributed by atoms with Gasteiger partial charge in [0.15, 0.2) is 0 Å². The van der Waals surface area contributed by atoms with Gasteiger partial charge in [-0.3, -0.25) is 9.69 Å². The fraction of sp³-hybridized carbons (Fsp3) is 0.667. The molecule has 33 heavy (non-hydrogen) atoms. The minimum Gasteiger partial charge on any atom is -0.476 e. The van der Waals surface area contributed by atoms with Crippen LogP contribution in [0.4, 0.5) is 0 Å². The average Bonchev–Trinajstić information content (AvgIpc) is 3.12. The number of carboxylic acid groups (broad SMARTS) is 1. The lowest BCUT2D eigenvalue weighted by Gasteiger charge is -2.44. The summed E-state index contributed by atoms with van der Waals surface area (Å²) in [5, 5.41) is 9.56. The second-order valence-electron chi connectivity index (χ2n) is 11.4. The van der Waals surface area contributed by atoms with E-state index in [1.165, 1.54) is 32.1 Å². The predicted molar refractivity (Wildman–Crippen MR) is 132 cm³/mol. The van der Waals surface area contributed by atoms with Gasteiger partial charge < -0.3 is 9.67 Å². The lowest BCUT2D eigenvalue weighted by molar-refractivity contribution is 0.0600. The Kier molecular flexibility index (Phi) is 6.68. The van der Waals surface area contributed by atoms with Crippen molar-refractivity contribution in [3.8, 4) is 0 Å². The van der Waals surface area contributed by atoms with E-state index in [0.717, 1.165) is 18.8 Å². The van der Waals surface area contributed by atoms with Crippen LogP contribution in [-0.2, 0) is 0 Å². The maximum Gasteiger partial charge on any atom is 0.360 e. The topological polar surface area (TPSA) is 75.4 Å². The Labute approximate surface area is 197 Å². The van der Waals surface area contributed by atoms with Crippen molar-refractivity contribution in [3.05, 3.63) is 40.3 Å². The number of aromatic nitrogens is 2. The van der Waals surface area contributed by atoms with Gasteiger partial charge in [0.1, 0.15) is 0 Å². The summed E-state index contributed by atoms with van der Waals surface area (Å²) in [6.45, 7) is 11.5. The number of carboxylic acids is 1. The van der Waals surface area contributed by atoms with Crippen molar-refractivity contribution in [1.82, 2.24) is 14.5 Å². The van der Waals surface area contributed by atoms with Gasteiger partial charge in [-0.25, -0.2) is 9.78 Å². The van der Waals surface area contributed by atoms with Crippen LogP contribution < -0.4 is 5.56 Å². The number of carbonyl (C=O) groups is 1. The molecule has 1 N–H and O–H groups in total. The van der Waals surface area contributed by atoms with Crippen LogP contribution in [0.2, 0.25) is 0 Å². The van der Waals surface area contributed by atoms with Crippen molar-refractivity contribution >= 4 is 17.0 Å². The molecule has 2 fully saturated rings. The third-order valence-electron chi connectivity index (χ3n) is 8.24. The highest BCUT2D eigenvalue weighted by molar-refractivity contribution is 5.88. The second kappa shape index (κ2) is 9.21. The third-order valence-corrected chi connectivity index (χ3v) is 8.24. The van der Waals surface area contributed by atoms with Gasteiger partial charge in [0.05, 0.1) is 11.0 Å². The fourth-order valence-electron chi connectivity index (χ4n) is 6.46. The van der Waals surface area contributed by atoms with Crippen molar-refractivity contribution < 1.29 is 9.90 Å². The molecule has 0 unspecified atom stereocenters. The van der Waals surface area contributed by atoms with E-state index < -0.39 is 17.2 Å². The SMILES string of the molecule is C[C@@H](C[C@@H]1CC[C@H](C)N1[C@H]1CC[C@@H](C(C)(C)C)CC1)n1c(=O)c(C(=O)O)nc2ccccc21. The molecule has 1 aromatic heterocycles. The van der Waals surface area contributed by atoms with Gasteiger partial charge in [-0.1, -0.05) is 32.9 Å². The van der Waals surface area contributed by atoms with Gasteiger partial charge >= 0.3 is 5.97 Å². The minimum absolute atomic E-state index is 0.104. The number of benzene rings is 1. The van der Waals surface area contributed by atoms with Gasteiger partial charge in [-0.2, -0.15) is 0 Å². The Bertz CT molecular complexity index is 1060.